The average Bonchev–Trinajstić information content (AvgIpc) is 3.01. The Bertz CT molecular complexity index is 1040. The van der Waals surface area contributed by atoms with Crippen molar-refractivity contribution >= 4 is 29.4 Å². The lowest BCUT2D eigenvalue weighted by atomic mass is 10.0. The number of ether oxygens (including phenoxy) is 1. The van der Waals surface area contributed by atoms with Gasteiger partial charge in [-0.2, -0.15) is 0 Å². The van der Waals surface area contributed by atoms with Gasteiger partial charge in [-0.15, -0.1) is 0 Å². The molecular weight excluding hydrogens is 396 g/mol. The first kappa shape index (κ1) is 22.2. The van der Waals surface area contributed by atoms with Gasteiger partial charge in [-0.1, -0.05) is 39.0 Å². The van der Waals surface area contributed by atoms with Crippen molar-refractivity contribution in [1.29, 1.82) is 0 Å². The molecule has 1 aliphatic heterocycles. The first-order valence-electron chi connectivity index (χ1n) is 10.3. The summed E-state index contributed by atoms with van der Waals surface area (Å²) in [5.74, 6) is -1.76. The molecule has 1 atom stereocenters. The van der Waals surface area contributed by atoms with Crippen LogP contribution in [-0.4, -0.2) is 41.2 Å². The summed E-state index contributed by atoms with van der Waals surface area (Å²) in [5.41, 5.74) is 2.21. The Labute approximate surface area is 181 Å². The van der Waals surface area contributed by atoms with Crippen LogP contribution in [0.2, 0.25) is 0 Å². The second kappa shape index (κ2) is 9.12. The Hall–Kier alpha value is -3.48. The van der Waals surface area contributed by atoms with E-state index < -0.39 is 24.4 Å². The number of imide groups is 1. The molecule has 7 nitrogen and oxygen atoms in total. The molecule has 0 saturated heterocycles. The number of rotatable bonds is 7. The van der Waals surface area contributed by atoms with Gasteiger partial charge < -0.3 is 10.1 Å². The van der Waals surface area contributed by atoms with Crippen LogP contribution >= 0.6 is 0 Å². The summed E-state index contributed by atoms with van der Waals surface area (Å²) in [6.07, 6.45) is 0.634. The largest absolute Gasteiger partial charge is 0.452 e. The van der Waals surface area contributed by atoms with Crippen molar-refractivity contribution < 1.29 is 23.9 Å². The van der Waals surface area contributed by atoms with Gasteiger partial charge in [0.2, 0.25) is 0 Å². The number of hydrogen-bond acceptors (Lipinski definition) is 5. The van der Waals surface area contributed by atoms with Gasteiger partial charge >= 0.3 is 5.97 Å². The molecule has 0 aromatic heterocycles. The zero-order chi connectivity index (χ0) is 22.7. The molecule has 31 heavy (non-hydrogen) atoms. The summed E-state index contributed by atoms with van der Waals surface area (Å²) in [6, 6.07) is 11.4. The van der Waals surface area contributed by atoms with Crippen LogP contribution in [-0.2, 0) is 9.53 Å². The number of benzene rings is 2. The molecule has 0 fully saturated rings. The Morgan fingerprint density at radius 2 is 1.68 bits per heavy atom. The van der Waals surface area contributed by atoms with Gasteiger partial charge in [0.25, 0.3) is 17.7 Å². The molecule has 1 heterocycles. The summed E-state index contributed by atoms with van der Waals surface area (Å²) in [5, 5.41) is 2.76. The van der Waals surface area contributed by atoms with Gasteiger partial charge in [0.15, 0.2) is 6.61 Å². The van der Waals surface area contributed by atoms with E-state index in [4.69, 9.17) is 4.74 Å². The van der Waals surface area contributed by atoms with E-state index in [1.807, 2.05) is 39.0 Å². The fourth-order valence-electron chi connectivity index (χ4n) is 3.48. The predicted octanol–water partition coefficient (Wildman–Crippen LogP) is 4.00. The highest BCUT2D eigenvalue weighted by molar-refractivity contribution is 6.22. The zero-order valence-corrected chi connectivity index (χ0v) is 18.1. The smallest absolute Gasteiger partial charge is 0.338 e. The second-order valence-electron chi connectivity index (χ2n) is 7.86. The number of anilines is 1. The Morgan fingerprint density at radius 3 is 2.35 bits per heavy atom. The number of carbonyl (C=O) groups excluding carboxylic acids is 4. The summed E-state index contributed by atoms with van der Waals surface area (Å²) in [6.45, 7) is 7.27. The van der Waals surface area contributed by atoms with Gasteiger partial charge in [-0.3, -0.25) is 19.3 Å². The van der Waals surface area contributed by atoms with Crippen molar-refractivity contribution in [3.05, 3.63) is 64.7 Å². The van der Waals surface area contributed by atoms with E-state index >= 15 is 0 Å². The molecule has 0 aliphatic carbocycles. The first-order valence-corrected chi connectivity index (χ1v) is 10.3. The molecule has 162 valence electrons. The monoisotopic (exact) mass is 422 g/mol. The Kier molecular flexibility index (Phi) is 6.53. The van der Waals surface area contributed by atoms with E-state index in [9.17, 15) is 19.2 Å². The number of nitrogens with zero attached hydrogens (tertiary/aromatic N) is 1. The van der Waals surface area contributed by atoms with E-state index in [1.54, 1.807) is 13.0 Å². The van der Waals surface area contributed by atoms with Crippen LogP contribution in [0, 0.1) is 0 Å². The number of carbonyl (C=O) groups is 4. The van der Waals surface area contributed by atoms with Crippen molar-refractivity contribution in [2.45, 2.75) is 46.1 Å². The highest BCUT2D eigenvalue weighted by atomic mass is 16.5. The van der Waals surface area contributed by atoms with Crippen molar-refractivity contribution in [3.63, 3.8) is 0 Å². The van der Waals surface area contributed by atoms with Crippen LogP contribution in [0.25, 0.3) is 0 Å². The second-order valence-corrected chi connectivity index (χ2v) is 7.86. The maximum Gasteiger partial charge on any atom is 0.338 e. The average molecular weight is 422 g/mol. The quantitative estimate of drug-likeness (QED) is 0.538. The van der Waals surface area contributed by atoms with E-state index in [2.05, 4.69) is 5.32 Å². The minimum Gasteiger partial charge on any atom is -0.452 e. The van der Waals surface area contributed by atoms with Crippen LogP contribution in [0.15, 0.2) is 42.5 Å². The summed E-state index contributed by atoms with van der Waals surface area (Å²) in [7, 11) is 0. The SMILES string of the molecule is CCC(C)N1C(=O)c2ccc(C(=O)OCC(=O)Nc3ccccc3C(C)C)cc2C1=O. The fourth-order valence-corrected chi connectivity index (χ4v) is 3.48. The molecule has 0 saturated carbocycles. The predicted molar refractivity (Wildman–Crippen MR) is 116 cm³/mol. The summed E-state index contributed by atoms with van der Waals surface area (Å²) >= 11 is 0. The molecular formula is C24H26N2O5. The van der Waals surface area contributed by atoms with Gasteiger partial charge in [-0.05, 0) is 49.1 Å². The first-order chi connectivity index (χ1) is 14.7. The lowest BCUT2D eigenvalue weighted by molar-refractivity contribution is -0.119. The van der Waals surface area contributed by atoms with E-state index in [0.29, 0.717) is 12.1 Å². The van der Waals surface area contributed by atoms with Crippen molar-refractivity contribution in [1.82, 2.24) is 4.90 Å². The summed E-state index contributed by atoms with van der Waals surface area (Å²) in [4.78, 5) is 51.0. The lowest BCUT2D eigenvalue weighted by Crippen LogP contribution is -2.37. The number of nitrogens with one attached hydrogen (secondary N) is 1. The zero-order valence-electron chi connectivity index (χ0n) is 18.1. The van der Waals surface area contributed by atoms with Gasteiger partial charge in [0.05, 0.1) is 16.7 Å². The number of para-hydroxylation sites is 1. The fraction of sp³-hybridized carbons (Fsp3) is 0.333. The summed E-state index contributed by atoms with van der Waals surface area (Å²) < 4.78 is 5.12. The molecule has 1 aliphatic rings. The van der Waals surface area contributed by atoms with Crippen LogP contribution < -0.4 is 5.32 Å². The molecule has 3 amide bonds. The molecule has 7 heteroatoms. The maximum absolute atomic E-state index is 12.6. The molecule has 0 radical (unpaired) electrons. The van der Waals surface area contributed by atoms with E-state index in [-0.39, 0.29) is 34.6 Å². The maximum atomic E-state index is 12.6. The number of amides is 3. The minimum absolute atomic E-state index is 0.112. The van der Waals surface area contributed by atoms with Crippen LogP contribution in [0.4, 0.5) is 5.69 Å². The molecule has 1 unspecified atom stereocenters. The van der Waals surface area contributed by atoms with E-state index in [0.717, 1.165) is 5.56 Å². The van der Waals surface area contributed by atoms with Gasteiger partial charge in [-0.25, -0.2) is 4.79 Å². The lowest BCUT2D eigenvalue weighted by Gasteiger charge is -2.20. The number of hydrogen-bond donors (Lipinski definition) is 1. The highest BCUT2D eigenvalue weighted by Crippen LogP contribution is 2.27. The highest BCUT2D eigenvalue weighted by Gasteiger charge is 2.38. The Balaban J connectivity index is 1.67. The molecule has 2 aromatic rings. The normalized spacial score (nSPS) is 13.9. The third-order valence-electron chi connectivity index (χ3n) is 5.38. The number of fused-ring (bicyclic) bond motifs is 1. The van der Waals surface area contributed by atoms with Crippen LogP contribution in [0.3, 0.4) is 0 Å². The van der Waals surface area contributed by atoms with Gasteiger partial charge in [0, 0.05) is 11.7 Å². The molecule has 0 spiro atoms. The molecule has 2 aromatic carbocycles. The third-order valence-corrected chi connectivity index (χ3v) is 5.38. The van der Waals surface area contributed by atoms with Crippen molar-refractivity contribution in [3.8, 4) is 0 Å². The third kappa shape index (κ3) is 4.50. The standard InChI is InChI=1S/C24H26N2O5/c1-5-15(4)26-22(28)18-11-10-16(12-19(18)23(26)29)24(30)31-13-21(27)25-20-9-7-6-8-17(20)14(2)3/h6-12,14-15H,5,13H2,1-4H3,(H,25,27). The minimum atomic E-state index is -0.739. The van der Waals surface area contributed by atoms with Crippen LogP contribution in [0.1, 0.15) is 76.7 Å². The van der Waals surface area contributed by atoms with E-state index in [1.165, 1.54) is 23.1 Å². The van der Waals surface area contributed by atoms with Gasteiger partial charge in [0.1, 0.15) is 0 Å². The van der Waals surface area contributed by atoms with Crippen molar-refractivity contribution in [2.24, 2.45) is 0 Å². The van der Waals surface area contributed by atoms with Crippen LogP contribution in [0.5, 0.6) is 0 Å². The Morgan fingerprint density at radius 1 is 1.00 bits per heavy atom. The molecule has 1 N–H and O–H groups in total. The topological polar surface area (TPSA) is 92.8 Å². The molecule has 3 rings (SSSR count). The molecule has 0 bridgehead atoms. The number of esters is 1. The van der Waals surface area contributed by atoms with Crippen molar-refractivity contribution in [2.75, 3.05) is 11.9 Å².